The average Bonchev–Trinajstić information content (AvgIpc) is 2.66. The molecule has 2 amide bonds. The fourth-order valence-corrected chi connectivity index (χ4v) is 3.80. The Morgan fingerprint density at radius 1 is 1.10 bits per heavy atom. The number of alkyl halides is 3. The van der Waals surface area contributed by atoms with Gasteiger partial charge < -0.3 is 15.4 Å². The van der Waals surface area contributed by atoms with E-state index in [4.69, 9.17) is 16.3 Å². The molecule has 0 bridgehead atoms. The molecular formula is C20H16ClF3N2O3. The van der Waals surface area contributed by atoms with E-state index in [1.54, 1.807) is 42.5 Å². The second-order valence-corrected chi connectivity index (χ2v) is 7.43. The lowest BCUT2D eigenvalue weighted by Gasteiger charge is -2.32. The Morgan fingerprint density at radius 3 is 2.55 bits per heavy atom. The van der Waals surface area contributed by atoms with Crippen LogP contribution in [-0.4, -0.2) is 24.0 Å². The lowest BCUT2D eigenvalue weighted by atomic mass is 9.90. The lowest BCUT2D eigenvalue weighted by molar-refractivity contribution is -0.171. The molecule has 2 aromatic carbocycles. The first-order chi connectivity index (χ1) is 13.7. The number of para-hydroxylation sites is 1. The molecule has 152 valence electrons. The summed E-state index contributed by atoms with van der Waals surface area (Å²) in [6.07, 6.45) is -5.06. The number of hydrogen-bond acceptors (Lipinski definition) is 3. The van der Waals surface area contributed by atoms with Gasteiger partial charge in [-0.05, 0) is 31.0 Å². The molecule has 2 heterocycles. The largest absolute Gasteiger partial charge is 0.457 e. The van der Waals surface area contributed by atoms with Gasteiger partial charge in [-0.2, -0.15) is 13.2 Å². The fourth-order valence-electron chi connectivity index (χ4n) is 3.64. The molecule has 4 rings (SSSR count). The first-order valence-corrected chi connectivity index (χ1v) is 9.35. The normalized spacial score (nSPS) is 23.3. The Labute approximate surface area is 169 Å². The second-order valence-electron chi connectivity index (χ2n) is 7.00. The van der Waals surface area contributed by atoms with Gasteiger partial charge in [0.25, 0.3) is 0 Å². The topological polar surface area (TPSA) is 67.4 Å². The van der Waals surface area contributed by atoms with Crippen molar-refractivity contribution in [1.82, 2.24) is 10.6 Å². The predicted octanol–water partition coefficient (Wildman–Crippen LogP) is 4.11. The van der Waals surface area contributed by atoms with Gasteiger partial charge in [-0.25, -0.2) is 0 Å². The predicted molar refractivity (Wildman–Crippen MR) is 98.7 cm³/mol. The molecular weight excluding hydrogens is 409 g/mol. The minimum atomic E-state index is -4.53. The molecule has 0 aromatic heterocycles. The van der Waals surface area contributed by atoms with Crippen molar-refractivity contribution in [3.63, 3.8) is 0 Å². The smallest absolute Gasteiger partial charge is 0.408 e. The summed E-state index contributed by atoms with van der Waals surface area (Å²) in [5, 5.41) is 5.16. The maximum absolute atomic E-state index is 12.8. The van der Waals surface area contributed by atoms with Crippen LogP contribution in [-0.2, 0) is 9.59 Å². The second kappa shape index (κ2) is 7.26. The number of rotatable bonds is 2. The third-order valence-electron chi connectivity index (χ3n) is 5.11. The van der Waals surface area contributed by atoms with E-state index in [0.29, 0.717) is 27.6 Å². The van der Waals surface area contributed by atoms with Crippen molar-refractivity contribution >= 4 is 23.4 Å². The number of carbonyl (C=O) groups is 2. The maximum Gasteiger partial charge on any atom is 0.408 e. The number of nitrogens with one attached hydrogen (secondary N) is 2. The number of benzene rings is 2. The van der Waals surface area contributed by atoms with E-state index in [2.05, 4.69) is 5.32 Å². The van der Waals surface area contributed by atoms with Crippen LogP contribution in [0.2, 0.25) is 5.02 Å². The van der Waals surface area contributed by atoms with Gasteiger partial charge in [-0.1, -0.05) is 35.9 Å². The molecule has 3 unspecified atom stereocenters. The summed E-state index contributed by atoms with van der Waals surface area (Å²) in [5.74, 6) is -1.76. The number of amides is 2. The van der Waals surface area contributed by atoms with Crippen LogP contribution in [0.3, 0.4) is 0 Å². The van der Waals surface area contributed by atoms with E-state index in [1.807, 2.05) is 5.32 Å². The highest BCUT2D eigenvalue weighted by molar-refractivity contribution is 6.30. The quantitative estimate of drug-likeness (QED) is 0.713. The van der Waals surface area contributed by atoms with Crippen LogP contribution in [0.15, 0.2) is 42.5 Å². The molecule has 1 saturated heterocycles. The number of halogens is 4. The van der Waals surface area contributed by atoms with Crippen LogP contribution in [0.1, 0.15) is 30.0 Å². The van der Waals surface area contributed by atoms with Crippen molar-refractivity contribution < 1.29 is 27.5 Å². The highest BCUT2D eigenvalue weighted by Crippen LogP contribution is 2.43. The van der Waals surface area contributed by atoms with Gasteiger partial charge in [0, 0.05) is 16.1 Å². The van der Waals surface area contributed by atoms with Gasteiger partial charge in [0.1, 0.15) is 23.5 Å². The number of ether oxygens (including phenoxy) is 1. The van der Waals surface area contributed by atoms with E-state index in [-0.39, 0.29) is 12.8 Å². The van der Waals surface area contributed by atoms with Crippen LogP contribution in [0.5, 0.6) is 11.5 Å². The zero-order valence-corrected chi connectivity index (χ0v) is 15.7. The Morgan fingerprint density at radius 2 is 1.83 bits per heavy atom. The zero-order chi connectivity index (χ0) is 20.8. The maximum atomic E-state index is 12.8. The average molecular weight is 425 g/mol. The van der Waals surface area contributed by atoms with Crippen LogP contribution >= 0.6 is 11.6 Å². The summed E-state index contributed by atoms with van der Waals surface area (Å²) in [4.78, 5) is 25.0. The van der Waals surface area contributed by atoms with Crippen LogP contribution in [0.25, 0.3) is 0 Å². The standard InChI is InChI=1S/C20H16ClF3N2O3/c21-10-5-6-12-15(9-10)29-14-4-2-1-3-11(14)17(12)26-19(28)13-7-8-16(20(22,23)24)25-18(13)27/h1-6,9,13,16-17H,7-8H2,(H,25,27)(H,26,28). The van der Waals surface area contributed by atoms with Crippen molar-refractivity contribution in [2.75, 3.05) is 0 Å². The Balaban J connectivity index is 1.58. The Bertz CT molecular complexity index is 980. The van der Waals surface area contributed by atoms with Crippen LogP contribution in [0.4, 0.5) is 13.2 Å². The SMILES string of the molecule is O=C(NC1c2ccccc2Oc2cc(Cl)ccc21)C1CCC(C(F)(F)F)NC1=O. The Hall–Kier alpha value is -2.74. The number of piperidine rings is 1. The molecule has 0 spiro atoms. The summed E-state index contributed by atoms with van der Waals surface area (Å²) in [5.41, 5.74) is 1.32. The highest BCUT2D eigenvalue weighted by atomic mass is 35.5. The fraction of sp³-hybridized carbons (Fsp3) is 0.300. The van der Waals surface area contributed by atoms with E-state index in [9.17, 15) is 22.8 Å². The molecule has 1 fully saturated rings. The van der Waals surface area contributed by atoms with Crippen molar-refractivity contribution in [2.45, 2.75) is 31.1 Å². The molecule has 9 heteroatoms. The molecule has 3 atom stereocenters. The first kappa shape index (κ1) is 19.6. The van der Waals surface area contributed by atoms with Gasteiger partial charge in [-0.15, -0.1) is 0 Å². The lowest BCUT2D eigenvalue weighted by Crippen LogP contribution is -2.54. The zero-order valence-electron chi connectivity index (χ0n) is 14.9. The van der Waals surface area contributed by atoms with Gasteiger partial charge in [0.2, 0.25) is 11.8 Å². The number of fused-ring (bicyclic) bond motifs is 2. The van der Waals surface area contributed by atoms with Crippen molar-refractivity contribution in [3.8, 4) is 11.5 Å². The van der Waals surface area contributed by atoms with E-state index in [1.165, 1.54) is 0 Å². The number of carbonyl (C=O) groups excluding carboxylic acids is 2. The van der Waals surface area contributed by atoms with Gasteiger partial charge in [0.15, 0.2) is 0 Å². The minimum absolute atomic E-state index is 0.180. The molecule has 2 aliphatic rings. The van der Waals surface area contributed by atoms with Gasteiger partial charge in [-0.3, -0.25) is 9.59 Å². The molecule has 29 heavy (non-hydrogen) atoms. The molecule has 2 aliphatic heterocycles. The molecule has 0 radical (unpaired) electrons. The van der Waals surface area contributed by atoms with E-state index in [0.717, 1.165) is 0 Å². The van der Waals surface area contributed by atoms with Crippen molar-refractivity contribution in [3.05, 3.63) is 58.6 Å². The third kappa shape index (κ3) is 3.76. The monoisotopic (exact) mass is 424 g/mol. The number of hydrogen-bond donors (Lipinski definition) is 2. The van der Waals surface area contributed by atoms with E-state index < -0.39 is 36.0 Å². The summed E-state index contributed by atoms with van der Waals surface area (Å²) in [6, 6.07) is 9.50. The molecule has 5 nitrogen and oxygen atoms in total. The van der Waals surface area contributed by atoms with Crippen molar-refractivity contribution in [2.24, 2.45) is 5.92 Å². The van der Waals surface area contributed by atoms with Gasteiger partial charge in [0.05, 0.1) is 6.04 Å². The molecule has 0 aliphatic carbocycles. The highest BCUT2D eigenvalue weighted by Gasteiger charge is 2.46. The summed E-state index contributed by atoms with van der Waals surface area (Å²) < 4.78 is 44.4. The third-order valence-corrected chi connectivity index (χ3v) is 5.35. The summed E-state index contributed by atoms with van der Waals surface area (Å²) in [6.45, 7) is 0. The minimum Gasteiger partial charge on any atom is -0.457 e. The molecule has 2 aromatic rings. The Kier molecular flexibility index (Phi) is 4.90. The van der Waals surface area contributed by atoms with Crippen molar-refractivity contribution in [1.29, 1.82) is 0 Å². The van der Waals surface area contributed by atoms with Crippen LogP contribution < -0.4 is 15.4 Å². The summed E-state index contributed by atoms with van der Waals surface area (Å²) in [7, 11) is 0. The first-order valence-electron chi connectivity index (χ1n) is 8.98. The summed E-state index contributed by atoms with van der Waals surface area (Å²) >= 11 is 6.04. The van der Waals surface area contributed by atoms with Gasteiger partial charge >= 0.3 is 6.18 Å². The molecule has 0 saturated carbocycles. The molecule has 2 N–H and O–H groups in total. The van der Waals surface area contributed by atoms with Crippen LogP contribution in [0, 0.1) is 5.92 Å². The van der Waals surface area contributed by atoms with E-state index >= 15 is 0 Å².